The average Bonchev–Trinajstić information content (AvgIpc) is 2.80. The highest BCUT2D eigenvalue weighted by molar-refractivity contribution is 5.67. The predicted molar refractivity (Wildman–Crippen MR) is 133 cm³/mol. The van der Waals surface area contributed by atoms with Crippen LogP contribution in [0, 0.1) is 11.8 Å². The molecular weight excluding hydrogens is 451 g/mol. The summed E-state index contributed by atoms with van der Waals surface area (Å²) in [6.45, 7) is 8.81. The molecule has 3 nitrogen and oxygen atoms in total. The van der Waals surface area contributed by atoms with E-state index in [1.54, 1.807) is 12.1 Å². The monoisotopic (exact) mass is 487 g/mol. The summed E-state index contributed by atoms with van der Waals surface area (Å²) >= 11 is 0. The molecule has 0 saturated carbocycles. The molecule has 1 aliphatic rings. The molecule has 1 aliphatic heterocycles. The van der Waals surface area contributed by atoms with Gasteiger partial charge in [0.15, 0.2) is 0 Å². The topological polar surface area (TPSA) is 40.5 Å². The van der Waals surface area contributed by atoms with Crippen molar-refractivity contribution in [2.24, 2.45) is 11.8 Å². The Morgan fingerprint density at radius 3 is 2.31 bits per heavy atom. The van der Waals surface area contributed by atoms with Crippen LogP contribution in [0.1, 0.15) is 80.3 Å². The third-order valence-corrected chi connectivity index (χ3v) is 7.00. The van der Waals surface area contributed by atoms with Crippen molar-refractivity contribution in [2.45, 2.75) is 70.6 Å². The third-order valence-electron chi connectivity index (χ3n) is 7.00. The van der Waals surface area contributed by atoms with Crippen LogP contribution in [0.2, 0.25) is 0 Å². The van der Waals surface area contributed by atoms with E-state index >= 15 is 0 Å². The van der Waals surface area contributed by atoms with Crippen molar-refractivity contribution in [3.8, 4) is 0 Å². The van der Waals surface area contributed by atoms with Gasteiger partial charge in [-0.3, -0.25) is 9.69 Å². The Hall–Kier alpha value is -2.60. The Bertz CT molecular complexity index is 967. The van der Waals surface area contributed by atoms with Gasteiger partial charge >= 0.3 is 12.1 Å². The number of allylic oxidation sites excluding steroid dienone is 1. The van der Waals surface area contributed by atoms with Gasteiger partial charge in [0.25, 0.3) is 0 Å². The molecule has 2 aromatic rings. The molecule has 2 aromatic carbocycles. The van der Waals surface area contributed by atoms with E-state index in [1.807, 2.05) is 6.08 Å². The van der Waals surface area contributed by atoms with Crippen molar-refractivity contribution >= 4 is 5.97 Å². The smallest absolute Gasteiger partial charge is 0.416 e. The zero-order valence-electron chi connectivity index (χ0n) is 20.6. The van der Waals surface area contributed by atoms with Gasteiger partial charge in [0.2, 0.25) is 0 Å². The summed E-state index contributed by atoms with van der Waals surface area (Å²) < 4.78 is 39.5. The van der Waals surface area contributed by atoms with Gasteiger partial charge in [-0.15, -0.1) is 6.58 Å². The molecule has 0 aliphatic carbocycles. The normalized spacial score (nSPS) is 20.1. The van der Waals surface area contributed by atoms with E-state index in [4.69, 9.17) is 0 Å². The molecule has 0 radical (unpaired) electrons. The summed E-state index contributed by atoms with van der Waals surface area (Å²) in [6.07, 6.45) is 1.66. The minimum Gasteiger partial charge on any atom is -0.481 e. The van der Waals surface area contributed by atoms with E-state index in [1.165, 1.54) is 12.1 Å². The van der Waals surface area contributed by atoms with Crippen LogP contribution in [0.5, 0.6) is 0 Å². The Morgan fingerprint density at radius 2 is 1.77 bits per heavy atom. The molecule has 35 heavy (non-hydrogen) atoms. The summed E-state index contributed by atoms with van der Waals surface area (Å²) in [5.74, 6) is -0.254. The van der Waals surface area contributed by atoms with Gasteiger partial charge in [0, 0.05) is 18.5 Å². The zero-order valence-corrected chi connectivity index (χ0v) is 20.6. The maximum atomic E-state index is 13.2. The number of aliphatic carboxylic acids is 1. The first-order valence-electron chi connectivity index (χ1n) is 12.4. The maximum absolute atomic E-state index is 13.2. The first kappa shape index (κ1) is 27.0. The Kier molecular flexibility index (Phi) is 9.17. The summed E-state index contributed by atoms with van der Waals surface area (Å²) in [4.78, 5) is 13.8. The Balaban J connectivity index is 1.96. The minimum atomic E-state index is -4.36. The lowest BCUT2D eigenvalue weighted by atomic mass is 9.82. The highest BCUT2D eigenvalue weighted by atomic mass is 19.4. The van der Waals surface area contributed by atoms with Crippen molar-refractivity contribution in [3.05, 3.63) is 83.4 Å². The standard InChI is InChI=1S/C29H36F3NO2/c1-4-5-21-7-9-24(10-8-21)27-18-22(19-28(34)35)16-17-33(27)26(15-6-20(2)3)23-11-13-25(14-12-23)29(30,31)32/h4,7-14,20,22,26-27H,1,5-6,15-19H2,2-3H3,(H,34,35)/t22-,26-,27+/m1/s1. The van der Waals surface area contributed by atoms with Crippen molar-refractivity contribution in [1.82, 2.24) is 4.90 Å². The highest BCUT2D eigenvalue weighted by Gasteiger charge is 2.36. The number of alkyl halides is 3. The van der Waals surface area contributed by atoms with Crippen molar-refractivity contribution in [1.29, 1.82) is 0 Å². The number of hydrogen-bond donors (Lipinski definition) is 1. The number of piperidine rings is 1. The van der Waals surface area contributed by atoms with E-state index in [-0.39, 0.29) is 24.4 Å². The molecule has 0 amide bonds. The third kappa shape index (κ3) is 7.44. The quantitative estimate of drug-likeness (QED) is 0.347. The van der Waals surface area contributed by atoms with Gasteiger partial charge in [-0.1, -0.05) is 56.3 Å². The van der Waals surface area contributed by atoms with Gasteiger partial charge in [0.05, 0.1) is 5.56 Å². The van der Waals surface area contributed by atoms with Gasteiger partial charge in [-0.05, 0) is 79.3 Å². The number of carboxylic acids is 1. The molecule has 0 unspecified atom stereocenters. The molecule has 0 spiro atoms. The highest BCUT2D eigenvalue weighted by Crippen LogP contribution is 2.43. The van der Waals surface area contributed by atoms with E-state index in [9.17, 15) is 23.1 Å². The number of rotatable bonds is 10. The molecule has 3 rings (SSSR count). The molecular formula is C29H36F3NO2. The van der Waals surface area contributed by atoms with E-state index in [0.717, 1.165) is 42.4 Å². The van der Waals surface area contributed by atoms with Crippen LogP contribution in [0.15, 0.2) is 61.2 Å². The largest absolute Gasteiger partial charge is 0.481 e. The van der Waals surface area contributed by atoms with E-state index in [2.05, 4.69) is 49.6 Å². The van der Waals surface area contributed by atoms with Crippen LogP contribution in [0.3, 0.4) is 0 Å². The second-order valence-corrected chi connectivity index (χ2v) is 10.1. The van der Waals surface area contributed by atoms with Crippen LogP contribution >= 0.6 is 0 Å². The number of benzene rings is 2. The van der Waals surface area contributed by atoms with Crippen LogP contribution < -0.4 is 0 Å². The number of halogens is 3. The fourth-order valence-electron chi connectivity index (χ4n) is 5.14. The number of carboxylic acid groups (broad SMARTS) is 1. The van der Waals surface area contributed by atoms with Crippen molar-refractivity contribution < 1.29 is 23.1 Å². The number of nitrogens with zero attached hydrogens (tertiary/aromatic N) is 1. The summed E-state index contributed by atoms with van der Waals surface area (Å²) in [7, 11) is 0. The fraction of sp³-hybridized carbons (Fsp3) is 0.483. The number of hydrogen-bond acceptors (Lipinski definition) is 2. The lowest BCUT2D eigenvalue weighted by molar-refractivity contribution is -0.139. The lowest BCUT2D eigenvalue weighted by Gasteiger charge is -2.44. The number of carbonyl (C=O) groups is 1. The maximum Gasteiger partial charge on any atom is 0.416 e. The lowest BCUT2D eigenvalue weighted by Crippen LogP contribution is -2.40. The van der Waals surface area contributed by atoms with Gasteiger partial charge < -0.3 is 5.11 Å². The van der Waals surface area contributed by atoms with Crippen LogP contribution in [-0.4, -0.2) is 22.5 Å². The molecule has 3 atom stereocenters. The summed E-state index contributed by atoms with van der Waals surface area (Å²) in [5, 5.41) is 9.39. The van der Waals surface area contributed by atoms with Gasteiger partial charge in [-0.25, -0.2) is 0 Å². The van der Waals surface area contributed by atoms with Crippen LogP contribution in [0.4, 0.5) is 13.2 Å². The molecule has 1 fully saturated rings. The Labute approximate surface area is 206 Å². The molecule has 0 bridgehead atoms. The molecule has 1 saturated heterocycles. The van der Waals surface area contributed by atoms with Crippen LogP contribution in [0.25, 0.3) is 0 Å². The van der Waals surface area contributed by atoms with Gasteiger partial charge in [0.1, 0.15) is 0 Å². The van der Waals surface area contributed by atoms with Crippen molar-refractivity contribution in [3.63, 3.8) is 0 Å². The molecule has 0 aromatic heterocycles. The van der Waals surface area contributed by atoms with Gasteiger partial charge in [-0.2, -0.15) is 13.2 Å². The average molecular weight is 488 g/mol. The van der Waals surface area contributed by atoms with Crippen LogP contribution in [-0.2, 0) is 17.4 Å². The zero-order chi connectivity index (χ0) is 25.6. The molecule has 190 valence electrons. The molecule has 1 N–H and O–H groups in total. The SMILES string of the molecule is C=CCc1ccc([C@@H]2C[C@H](CC(=O)O)CCN2[C@H](CCC(C)C)c2ccc(C(F)(F)F)cc2)cc1. The Morgan fingerprint density at radius 1 is 1.11 bits per heavy atom. The first-order chi connectivity index (χ1) is 16.6. The molecule has 6 heteroatoms. The van der Waals surface area contributed by atoms with E-state index in [0.29, 0.717) is 18.9 Å². The molecule has 1 heterocycles. The number of likely N-dealkylation sites (tertiary alicyclic amines) is 1. The first-order valence-corrected chi connectivity index (χ1v) is 12.4. The van der Waals surface area contributed by atoms with E-state index < -0.39 is 17.7 Å². The second kappa shape index (κ2) is 11.9. The van der Waals surface area contributed by atoms with Crippen molar-refractivity contribution in [2.75, 3.05) is 6.54 Å². The minimum absolute atomic E-state index is 0.00494. The summed E-state index contributed by atoms with van der Waals surface area (Å²) in [5.41, 5.74) is 2.52. The fourth-order valence-corrected chi connectivity index (χ4v) is 5.14. The second-order valence-electron chi connectivity index (χ2n) is 10.1. The summed E-state index contributed by atoms with van der Waals surface area (Å²) in [6, 6.07) is 13.9. The predicted octanol–water partition coefficient (Wildman–Crippen LogP) is 7.84.